The number of nitrogens with zero attached hydrogens (tertiary/aromatic N) is 2. The smallest absolute Gasteiger partial charge is 0.139 e. The summed E-state index contributed by atoms with van der Waals surface area (Å²) >= 11 is 0. The number of hydrogen-bond donors (Lipinski definition) is 1. The molecule has 1 atom stereocenters. The highest BCUT2D eigenvalue weighted by Crippen LogP contribution is 2.36. The fraction of sp³-hybridized carbons (Fsp3) is 0.375. The molecule has 2 heterocycles. The van der Waals surface area contributed by atoms with Crippen molar-refractivity contribution in [3.05, 3.63) is 53.6 Å². The fourth-order valence-electron chi connectivity index (χ4n) is 2.45. The molecule has 4 nitrogen and oxygen atoms in total. The van der Waals surface area contributed by atoms with Gasteiger partial charge in [0.15, 0.2) is 0 Å². The minimum Gasteiger partial charge on any atom is -0.492 e. The van der Waals surface area contributed by atoms with Crippen molar-refractivity contribution in [3.63, 3.8) is 0 Å². The van der Waals surface area contributed by atoms with Crippen LogP contribution in [0.1, 0.15) is 36.3 Å². The highest BCUT2D eigenvalue weighted by atomic mass is 16.5. The molecule has 0 saturated carbocycles. The van der Waals surface area contributed by atoms with Crippen molar-refractivity contribution >= 4 is 0 Å². The third kappa shape index (κ3) is 2.65. The van der Waals surface area contributed by atoms with Crippen LogP contribution in [0.15, 0.2) is 36.5 Å². The summed E-state index contributed by atoms with van der Waals surface area (Å²) < 4.78 is 5.71. The van der Waals surface area contributed by atoms with Crippen molar-refractivity contribution < 1.29 is 4.74 Å². The number of para-hydroxylation sites is 1. The third-order valence-electron chi connectivity index (χ3n) is 3.48. The average molecular weight is 269 g/mol. The second-order valence-corrected chi connectivity index (χ2v) is 4.98. The number of rotatable bonds is 5. The molecule has 3 rings (SSSR count). The largest absolute Gasteiger partial charge is 0.492 e. The lowest BCUT2D eigenvalue weighted by molar-refractivity contribution is 0.339. The van der Waals surface area contributed by atoms with Gasteiger partial charge in [-0.05, 0) is 25.1 Å². The van der Waals surface area contributed by atoms with Gasteiger partial charge in [0.1, 0.15) is 18.2 Å². The zero-order valence-corrected chi connectivity index (χ0v) is 11.7. The molecule has 0 saturated heterocycles. The van der Waals surface area contributed by atoms with E-state index in [-0.39, 0.29) is 5.92 Å². The maximum Gasteiger partial charge on any atom is 0.139 e. The zero-order valence-electron chi connectivity index (χ0n) is 11.7. The van der Waals surface area contributed by atoms with Crippen LogP contribution in [0.25, 0.3) is 0 Å². The van der Waals surface area contributed by atoms with Gasteiger partial charge in [-0.2, -0.15) is 0 Å². The molecule has 0 radical (unpaired) electrons. The van der Waals surface area contributed by atoms with E-state index in [2.05, 4.69) is 28.3 Å². The van der Waals surface area contributed by atoms with Crippen molar-refractivity contribution in [1.82, 2.24) is 15.3 Å². The predicted octanol–water partition coefficient (Wildman–Crippen LogP) is 2.50. The van der Waals surface area contributed by atoms with Crippen LogP contribution < -0.4 is 10.1 Å². The van der Waals surface area contributed by atoms with Crippen molar-refractivity contribution in [2.24, 2.45) is 0 Å². The molecule has 4 heteroatoms. The Kier molecular flexibility index (Phi) is 3.92. The lowest BCUT2D eigenvalue weighted by Gasteiger charge is -2.09. The molecule has 104 valence electrons. The van der Waals surface area contributed by atoms with Gasteiger partial charge in [0.25, 0.3) is 0 Å². The summed E-state index contributed by atoms with van der Waals surface area (Å²) in [7, 11) is 0. The molecule has 0 spiro atoms. The van der Waals surface area contributed by atoms with Gasteiger partial charge in [-0.15, -0.1) is 0 Å². The Balaban J connectivity index is 1.79. The second kappa shape index (κ2) is 6.01. The summed E-state index contributed by atoms with van der Waals surface area (Å²) in [6, 6.07) is 10.1. The topological polar surface area (TPSA) is 47.0 Å². The Labute approximate surface area is 119 Å². The first-order valence-corrected chi connectivity index (χ1v) is 7.12. The Morgan fingerprint density at radius 3 is 3.10 bits per heavy atom. The fourth-order valence-corrected chi connectivity index (χ4v) is 2.45. The van der Waals surface area contributed by atoms with E-state index in [0.717, 1.165) is 36.8 Å². The SMILES string of the molecule is CCCNCc1ccnc(C2COc3ccccc32)n1. The number of benzene rings is 1. The number of fused-ring (bicyclic) bond motifs is 1. The van der Waals surface area contributed by atoms with Crippen molar-refractivity contribution in [3.8, 4) is 5.75 Å². The molecule has 20 heavy (non-hydrogen) atoms. The minimum atomic E-state index is 0.150. The summed E-state index contributed by atoms with van der Waals surface area (Å²) in [4.78, 5) is 9.10. The average Bonchev–Trinajstić information content (AvgIpc) is 2.92. The van der Waals surface area contributed by atoms with Gasteiger partial charge in [-0.25, -0.2) is 9.97 Å². The van der Waals surface area contributed by atoms with E-state index in [1.807, 2.05) is 30.5 Å². The second-order valence-electron chi connectivity index (χ2n) is 4.98. The lowest BCUT2D eigenvalue weighted by Crippen LogP contribution is -2.16. The van der Waals surface area contributed by atoms with Crippen LogP contribution in [-0.4, -0.2) is 23.1 Å². The number of nitrogens with one attached hydrogen (secondary N) is 1. The van der Waals surface area contributed by atoms with E-state index in [4.69, 9.17) is 4.74 Å². The minimum absolute atomic E-state index is 0.150. The van der Waals surface area contributed by atoms with Crippen LogP contribution in [0.4, 0.5) is 0 Å². The van der Waals surface area contributed by atoms with Gasteiger partial charge in [0.05, 0.1) is 11.6 Å². The molecule has 0 aliphatic carbocycles. The number of aromatic nitrogens is 2. The molecule has 1 unspecified atom stereocenters. The van der Waals surface area contributed by atoms with E-state index in [1.54, 1.807) is 0 Å². The Morgan fingerprint density at radius 2 is 2.20 bits per heavy atom. The van der Waals surface area contributed by atoms with Crippen LogP contribution in [0.3, 0.4) is 0 Å². The lowest BCUT2D eigenvalue weighted by atomic mass is 10.0. The van der Waals surface area contributed by atoms with E-state index >= 15 is 0 Å². The highest BCUT2D eigenvalue weighted by Gasteiger charge is 2.27. The van der Waals surface area contributed by atoms with Gasteiger partial charge in [-0.1, -0.05) is 25.1 Å². The molecule has 0 bridgehead atoms. The maximum atomic E-state index is 5.71. The molecule has 0 fully saturated rings. The summed E-state index contributed by atoms with van der Waals surface area (Å²) in [5.74, 6) is 1.96. The van der Waals surface area contributed by atoms with Crippen LogP contribution in [0, 0.1) is 0 Å². The van der Waals surface area contributed by atoms with Crippen LogP contribution in [0.2, 0.25) is 0 Å². The van der Waals surface area contributed by atoms with Crippen molar-refractivity contribution in [2.45, 2.75) is 25.8 Å². The van der Waals surface area contributed by atoms with Gasteiger partial charge < -0.3 is 10.1 Å². The first kappa shape index (κ1) is 13.1. The van der Waals surface area contributed by atoms with E-state index in [1.165, 1.54) is 5.56 Å². The Hall–Kier alpha value is -1.94. The van der Waals surface area contributed by atoms with Crippen molar-refractivity contribution in [1.29, 1.82) is 0 Å². The van der Waals surface area contributed by atoms with E-state index in [9.17, 15) is 0 Å². The summed E-state index contributed by atoms with van der Waals surface area (Å²) in [5.41, 5.74) is 2.22. The molecule has 1 N–H and O–H groups in total. The van der Waals surface area contributed by atoms with Gasteiger partial charge in [0.2, 0.25) is 0 Å². The third-order valence-corrected chi connectivity index (χ3v) is 3.48. The van der Waals surface area contributed by atoms with Gasteiger partial charge >= 0.3 is 0 Å². The summed E-state index contributed by atoms with van der Waals surface area (Å²) in [6.45, 7) is 4.59. The molecule has 0 amide bonds. The quantitative estimate of drug-likeness (QED) is 0.847. The molecule has 1 aliphatic rings. The molecule has 1 aromatic heterocycles. The van der Waals surface area contributed by atoms with E-state index in [0.29, 0.717) is 6.61 Å². The summed E-state index contributed by atoms with van der Waals surface area (Å²) in [6.07, 6.45) is 2.97. The molecular formula is C16H19N3O. The van der Waals surface area contributed by atoms with Crippen LogP contribution in [-0.2, 0) is 6.54 Å². The van der Waals surface area contributed by atoms with Gasteiger partial charge in [-0.3, -0.25) is 0 Å². The molecule has 1 aliphatic heterocycles. The predicted molar refractivity (Wildman–Crippen MR) is 77.8 cm³/mol. The zero-order chi connectivity index (χ0) is 13.8. The number of hydrogen-bond acceptors (Lipinski definition) is 4. The highest BCUT2D eigenvalue weighted by molar-refractivity contribution is 5.42. The first-order chi connectivity index (χ1) is 9.88. The summed E-state index contributed by atoms with van der Waals surface area (Å²) in [5, 5.41) is 3.37. The Morgan fingerprint density at radius 1 is 1.30 bits per heavy atom. The monoisotopic (exact) mass is 269 g/mol. The standard InChI is InChI=1S/C16H19N3O/c1-2-8-17-10-12-7-9-18-16(19-12)14-11-20-15-6-4-3-5-13(14)15/h3-7,9,14,17H,2,8,10-11H2,1H3. The van der Waals surface area contributed by atoms with E-state index < -0.39 is 0 Å². The number of ether oxygens (including phenoxy) is 1. The Bertz CT molecular complexity index is 585. The normalized spacial score (nSPS) is 16.8. The first-order valence-electron chi connectivity index (χ1n) is 7.12. The molecule has 1 aromatic carbocycles. The van der Waals surface area contributed by atoms with Crippen LogP contribution >= 0.6 is 0 Å². The van der Waals surface area contributed by atoms with Gasteiger partial charge in [0, 0.05) is 18.3 Å². The molecule has 2 aromatic rings. The maximum absolute atomic E-state index is 5.71. The van der Waals surface area contributed by atoms with Crippen molar-refractivity contribution in [2.75, 3.05) is 13.2 Å². The molecular weight excluding hydrogens is 250 g/mol. The van der Waals surface area contributed by atoms with Crippen LogP contribution in [0.5, 0.6) is 5.75 Å².